The van der Waals surface area contributed by atoms with Crippen molar-refractivity contribution in [2.24, 2.45) is 0 Å². The summed E-state index contributed by atoms with van der Waals surface area (Å²) < 4.78 is 2.30. The van der Waals surface area contributed by atoms with Crippen LogP contribution in [0.15, 0.2) is 6.20 Å². The van der Waals surface area contributed by atoms with Gasteiger partial charge in [0.2, 0.25) is 0 Å². The SMILES string of the molecule is CCc1cn2c(n1)[C@@H](C)NCCC2. The Morgan fingerprint density at radius 1 is 1.69 bits per heavy atom. The van der Waals surface area contributed by atoms with Gasteiger partial charge in [-0.3, -0.25) is 0 Å². The third kappa shape index (κ3) is 1.61. The molecule has 0 aliphatic carbocycles. The molecule has 2 rings (SSSR count). The van der Waals surface area contributed by atoms with E-state index in [0.29, 0.717) is 6.04 Å². The lowest BCUT2D eigenvalue weighted by Gasteiger charge is -2.08. The average Bonchev–Trinajstić information content (AvgIpc) is 2.48. The van der Waals surface area contributed by atoms with Crippen LogP contribution in [0, 0.1) is 0 Å². The van der Waals surface area contributed by atoms with Crippen molar-refractivity contribution >= 4 is 0 Å². The number of hydrogen-bond donors (Lipinski definition) is 1. The van der Waals surface area contributed by atoms with Crippen LogP contribution in [0.5, 0.6) is 0 Å². The first kappa shape index (κ1) is 8.75. The predicted molar refractivity (Wildman–Crippen MR) is 52.6 cm³/mol. The monoisotopic (exact) mass is 179 g/mol. The van der Waals surface area contributed by atoms with E-state index in [9.17, 15) is 0 Å². The second-order valence-electron chi connectivity index (χ2n) is 3.67. The van der Waals surface area contributed by atoms with Gasteiger partial charge in [0, 0.05) is 12.7 Å². The normalized spacial score (nSPS) is 22.5. The molecule has 0 saturated heterocycles. The Morgan fingerprint density at radius 2 is 2.54 bits per heavy atom. The van der Waals surface area contributed by atoms with Crippen LogP contribution in [0.4, 0.5) is 0 Å². The van der Waals surface area contributed by atoms with Gasteiger partial charge < -0.3 is 9.88 Å². The van der Waals surface area contributed by atoms with Crippen molar-refractivity contribution in [2.75, 3.05) is 6.54 Å². The molecule has 2 heterocycles. The van der Waals surface area contributed by atoms with Crippen molar-refractivity contribution in [3.63, 3.8) is 0 Å². The molecule has 3 heteroatoms. The van der Waals surface area contributed by atoms with Gasteiger partial charge in [-0.1, -0.05) is 6.92 Å². The molecule has 72 valence electrons. The Kier molecular flexibility index (Phi) is 2.36. The summed E-state index contributed by atoms with van der Waals surface area (Å²) in [4.78, 5) is 4.61. The summed E-state index contributed by atoms with van der Waals surface area (Å²) in [5.74, 6) is 1.20. The van der Waals surface area contributed by atoms with Crippen molar-refractivity contribution < 1.29 is 0 Å². The summed E-state index contributed by atoms with van der Waals surface area (Å²) >= 11 is 0. The van der Waals surface area contributed by atoms with Crippen molar-refractivity contribution in [2.45, 2.75) is 39.3 Å². The number of rotatable bonds is 1. The lowest BCUT2D eigenvalue weighted by Crippen LogP contribution is -2.18. The van der Waals surface area contributed by atoms with Crippen molar-refractivity contribution in [3.05, 3.63) is 17.7 Å². The maximum Gasteiger partial charge on any atom is 0.125 e. The smallest absolute Gasteiger partial charge is 0.125 e. The summed E-state index contributed by atoms with van der Waals surface area (Å²) in [5, 5.41) is 3.45. The van der Waals surface area contributed by atoms with Gasteiger partial charge in [-0.15, -0.1) is 0 Å². The third-order valence-electron chi connectivity index (χ3n) is 2.63. The maximum atomic E-state index is 4.61. The minimum absolute atomic E-state index is 0.405. The molecule has 0 spiro atoms. The van der Waals surface area contributed by atoms with E-state index < -0.39 is 0 Å². The summed E-state index contributed by atoms with van der Waals surface area (Å²) in [6, 6.07) is 0.405. The molecule has 0 unspecified atom stereocenters. The second-order valence-corrected chi connectivity index (χ2v) is 3.67. The van der Waals surface area contributed by atoms with E-state index in [2.05, 4.69) is 34.9 Å². The van der Waals surface area contributed by atoms with Crippen molar-refractivity contribution in [3.8, 4) is 0 Å². The highest BCUT2D eigenvalue weighted by molar-refractivity contribution is 5.08. The summed E-state index contributed by atoms with van der Waals surface area (Å²) in [5.41, 5.74) is 1.21. The number of nitrogens with one attached hydrogen (secondary N) is 1. The van der Waals surface area contributed by atoms with Crippen LogP contribution in [-0.4, -0.2) is 16.1 Å². The molecule has 0 amide bonds. The molecule has 1 aliphatic rings. The Labute approximate surface area is 79.2 Å². The fourth-order valence-corrected chi connectivity index (χ4v) is 1.84. The van der Waals surface area contributed by atoms with Gasteiger partial charge >= 0.3 is 0 Å². The first-order chi connectivity index (χ1) is 6.31. The van der Waals surface area contributed by atoms with Gasteiger partial charge in [0.15, 0.2) is 0 Å². The fraction of sp³-hybridized carbons (Fsp3) is 0.700. The standard InChI is InChI=1S/C10H17N3/c1-3-9-7-13-6-4-5-11-8(2)10(13)12-9/h7-8,11H,3-6H2,1-2H3/t8-/m1/s1. The summed E-state index contributed by atoms with van der Waals surface area (Å²) in [6.07, 6.45) is 4.43. The molecule has 0 bridgehead atoms. The molecular weight excluding hydrogens is 162 g/mol. The Hall–Kier alpha value is -0.830. The van der Waals surface area contributed by atoms with E-state index >= 15 is 0 Å². The first-order valence-electron chi connectivity index (χ1n) is 5.10. The zero-order chi connectivity index (χ0) is 9.26. The van der Waals surface area contributed by atoms with E-state index in [1.807, 2.05) is 0 Å². The fourth-order valence-electron chi connectivity index (χ4n) is 1.84. The molecular formula is C10H17N3. The third-order valence-corrected chi connectivity index (χ3v) is 2.63. The Morgan fingerprint density at radius 3 is 3.31 bits per heavy atom. The second kappa shape index (κ2) is 3.50. The highest BCUT2D eigenvalue weighted by Crippen LogP contribution is 2.16. The largest absolute Gasteiger partial charge is 0.333 e. The highest BCUT2D eigenvalue weighted by atomic mass is 15.1. The van der Waals surface area contributed by atoms with E-state index in [1.54, 1.807) is 0 Å². The van der Waals surface area contributed by atoms with Crippen LogP contribution in [0.1, 0.15) is 37.8 Å². The molecule has 1 aromatic heterocycles. The van der Waals surface area contributed by atoms with Gasteiger partial charge in [0.25, 0.3) is 0 Å². The maximum absolute atomic E-state index is 4.61. The Balaban J connectivity index is 2.33. The molecule has 1 N–H and O–H groups in total. The van der Waals surface area contributed by atoms with Gasteiger partial charge in [0.05, 0.1) is 11.7 Å². The quantitative estimate of drug-likeness (QED) is 0.708. The zero-order valence-electron chi connectivity index (χ0n) is 8.38. The molecule has 0 fully saturated rings. The van der Waals surface area contributed by atoms with Crippen LogP contribution >= 0.6 is 0 Å². The number of imidazole rings is 1. The number of aromatic nitrogens is 2. The van der Waals surface area contributed by atoms with Crippen LogP contribution < -0.4 is 5.32 Å². The average molecular weight is 179 g/mol. The van der Waals surface area contributed by atoms with E-state index in [0.717, 1.165) is 19.5 Å². The van der Waals surface area contributed by atoms with Gasteiger partial charge in [-0.05, 0) is 26.3 Å². The number of aryl methyl sites for hydroxylation is 2. The number of fused-ring (bicyclic) bond motifs is 1. The van der Waals surface area contributed by atoms with E-state index in [-0.39, 0.29) is 0 Å². The highest BCUT2D eigenvalue weighted by Gasteiger charge is 2.16. The first-order valence-corrected chi connectivity index (χ1v) is 5.10. The van der Waals surface area contributed by atoms with E-state index in [4.69, 9.17) is 0 Å². The molecule has 1 aliphatic heterocycles. The molecule has 1 atom stereocenters. The summed E-state index contributed by atoms with van der Waals surface area (Å²) in [7, 11) is 0. The van der Waals surface area contributed by atoms with Crippen molar-refractivity contribution in [1.82, 2.24) is 14.9 Å². The Bertz CT molecular complexity index is 290. The molecule has 0 saturated carbocycles. The summed E-state index contributed by atoms with van der Waals surface area (Å²) in [6.45, 7) is 6.55. The lowest BCUT2D eigenvalue weighted by molar-refractivity contribution is 0.569. The van der Waals surface area contributed by atoms with Gasteiger partial charge in [0.1, 0.15) is 5.82 Å². The van der Waals surface area contributed by atoms with Gasteiger partial charge in [-0.2, -0.15) is 0 Å². The molecule has 3 nitrogen and oxygen atoms in total. The molecule has 0 radical (unpaired) electrons. The zero-order valence-corrected chi connectivity index (χ0v) is 8.38. The molecule has 0 aromatic carbocycles. The minimum atomic E-state index is 0.405. The van der Waals surface area contributed by atoms with Crippen LogP contribution in [0.2, 0.25) is 0 Å². The lowest BCUT2D eigenvalue weighted by atomic mass is 10.3. The van der Waals surface area contributed by atoms with Crippen molar-refractivity contribution in [1.29, 1.82) is 0 Å². The number of hydrogen-bond acceptors (Lipinski definition) is 2. The molecule has 13 heavy (non-hydrogen) atoms. The predicted octanol–water partition coefficient (Wildman–Crippen LogP) is 1.50. The molecule has 1 aromatic rings. The minimum Gasteiger partial charge on any atom is -0.333 e. The van der Waals surface area contributed by atoms with E-state index in [1.165, 1.54) is 17.9 Å². The van der Waals surface area contributed by atoms with Crippen LogP contribution in [0.25, 0.3) is 0 Å². The topological polar surface area (TPSA) is 29.9 Å². The van der Waals surface area contributed by atoms with Crippen LogP contribution in [0.3, 0.4) is 0 Å². The van der Waals surface area contributed by atoms with Gasteiger partial charge in [-0.25, -0.2) is 4.98 Å². The number of nitrogens with zero attached hydrogens (tertiary/aromatic N) is 2. The van der Waals surface area contributed by atoms with Crippen LogP contribution in [-0.2, 0) is 13.0 Å².